The van der Waals surface area contributed by atoms with E-state index in [0.29, 0.717) is 5.92 Å². The fourth-order valence-corrected chi connectivity index (χ4v) is 7.99. The van der Waals surface area contributed by atoms with Crippen molar-refractivity contribution in [1.29, 1.82) is 0 Å². The van der Waals surface area contributed by atoms with Crippen LogP contribution in [0.25, 0.3) is 59.8 Å². The number of allylic oxidation sites excluding steroid dienone is 12. The Labute approximate surface area is 252 Å². The molecule has 9 rings (SSSR count). The van der Waals surface area contributed by atoms with Crippen molar-refractivity contribution in [2.45, 2.75) is 32.1 Å². The van der Waals surface area contributed by atoms with Gasteiger partial charge in [-0.25, -0.2) is 0 Å². The van der Waals surface area contributed by atoms with Gasteiger partial charge in [0.1, 0.15) is 0 Å². The number of hydrogen-bond donors (Lipinski definition) is 0. The fourth-order valence-electron chi connectivity index (χ4n) is 7.99. The van der Waals surface area contributed by atoms with Crippen LogP contribution in [0.2, 0.25) is 0 Å². The predicted molar refractivity (Wildman–Crippen MR) is 185 cm³/mol. The summed E-state index contributed by atoms with van der Waals surface area (Å²) >= 11 is 0. The molecule has 0 radical (unpaired) electrons. The summed E-state index contributed by atoms with van der Waals surface area (Å²) < 4.78 is 2.60. The molecule has 0 aliphatic heterocycles. The lowest BCUT2D eigenvalue weighted by atomic mass is 9.80. The van der Waals surface area contributed by atoms with Gasteiger partial charge in [-0.3, -0.25) is 0 Å². The lowest BCUT2D eigenvalue weighted by Crippen LogP contribution is -2.10. The van der Waals surface area contributed by atoms with E-state index >= 15 is 0 Å². The summed E-state index contributed by atoms with van der Waals surface area (Å²) in [6, 6.07) is 31.5. The van der Waals surface area contributed by atoms with Crippen LogP contribution in [0.5, 0.6) is 0 Å². The van der Waals surface area contributed by atoms with Crippen LogP contribution in [0.1, 0.15) is 32.1 Å². The SMILES string of the molecule is C1=CCC(C2=C(C3=CC=C(n4c5ccc6ccccc6c5c5c6ccccc6c6ccccc6c54)CC3)CCC=C2)C=C1. The van der Waals surface area contributed by atoms with Crippen molar-refractivity contribution in [1.82, 2.24) is 4.57 Å². The van der Waals surface area contributed by atoms with E-state index in [1.165, 1.54) is 71.0 Å². The summed E-state index contributed by atoms with van der Waals surface area (Å²) in [4.78, 5) is 0. The highest BCUT2D eigenvalue weighted by molar-refractivity contribution is 6.36. The molecule has 0 saturated heterocycles. The largest absolute Gasteiger partial charge is 0.312 e. The van der Waals surface area contributed by atoms with Crippen molar-refractivity contribution >= 4 is 59.8 Å². The molecule has 1 atom stereocenters. The molecule has 1 heteroatoms. The molecule has 6 aromatic rings. The molecule has 0 bridgehead atoms. The van der Waals surface area contributed by atoms with Gasteiger partial charge in [-0.05, 0) is 87.9 Å². The van der Waals surface area contributed by atoms with Crippen molar-refractivity contribution < 1.29 is 0 Å². The molecule has 1 aromatic heterocycles. The van der Waals surface area contributed by atoms with Crippen molar-refractivity contribution in [3.63, 3.8) is 0 Å². The maximum Gasteiger partial charge on any atom is 0.0622 e. The molecule has 0 N–H and O–H groups in total. The van der Waals surface area contributed by atoms with Crippen molar-refractivity contribution in [2.75, 3.05) is 0 Å². The van der Waals surface area contributed by atoms with Crippen LogP contribution in [0.15, 0.2) is 150 Å². The van der Waals surface area contributed by atoms with Gasteiger partial charge >= 0.3 is 0 Å². The van der Waals surface area contributed by atoms with E-state index in [-0.39, 0.29) is 0 Å². The Bertz CT molecular complexity index is 2310. The van der Waals surface area contributed by atoms with Crippen molar-refractivity contribution in [3.05, 3.63) is 150 Å². The van der Waals surface area contributed by atoms with Gasteiger partial charge in [0.05, 0.1) is 11.0 Å². The standard InChI is InChI=1S/C42H33N/c1-2-12-28(13-3-1)32-15-6-7-16-33(32)30-22-25-31(26-23-30)43-39-27-24-29-14-4-5-17-34(29)40(39)41-37-20-10-8-18-35(37)36-19-9-11-21-38(36)42(41)43/h1-6,8-12,14-15,17-22,24-25,27-28H,7,13,16,23,26H2. The lowest BCUT2D eigenvalue weighted by Gasteiger charge is -2.26. The number of nitrogens with zero attached hydrogens (tertiary/aromatic N) is 1. The van der Waals surface area contributed by atoms with E-state index in [1.807, 2.05) is 0 Å². The number of aromatic nitrogens is 1. The molecule has 0 spiro atoms. The van der Waals surface area contributed by atoms with Crippen LogP contribution in [0.3, 0.4) is 0 Å². The van der Waals surface area contributed by atoms with Crippen LogP contribution in [0, 0.1) is 5.92 Å². The van der Waals surface area contributed by atoms with E-state index in [9.17, 15) is 0 Å². The van der Waals surface area contributed by atoms with Gasteiger partial charge in [0, 0.05) is 27.8 Å². The summed E-state index contributed by atoms with van der Waals surface area (Å²) in [6.07, 6.45) is 24.2. The molecule has 1 nitrogen and oxygen atoms in total. The second-order valence-corrected chi connectivity index (χ2v) is 12.2. The highest BCUT2D eigenvalue weighted by atomic mass is 15.0. The third kappa shape index (κ3) is 3.78. The maximum absolute atomic E-state index is 2.60. The van der Waals surface area contributed by atoms with E-state index in [0.717, 1.165) is 32.1 Å². The molecule has 5 aromatic carbocycles. The van der Waals surface area contributed by atoms with Gasteiger partial charge in [0.15, 0.2) is 0 Å². The summed E-state index contributed by atoms with van der Waals surface area (Å²) in [5.41, 5.74) is 8.64. The highest BCUT2D eigenvalue weighted by Crippen LogP contribution is 2.46. The van der Waals surface area contributed by atoms with Crippen LogP contribution in [-0.4, -0.2) is 4.57 Å². The molecular formula is C42H33N. The van der Waals surface area contributed by atoms with Gasteiger partial charge in [0.2, 0.25) is 0 Å². The minimum absolute atomic E-state index is 0.494. The zero-order valence-corrected chi connectivity index (χ0v) is 24.3. The first kappa shape index (κ1) is 24.7. The zero-order chi connectivity index (χ0) is 28.3. The van der Waals surface area contributed by atoms with Crippen LogP contribution < -0.4 is 0 Å². The van der Waals surface area contributed by atoms with E-state index < -0.39 is 0 Å². The normalized spacial score (nSPS) is 18.8. The Morgan fingerprint density at radius 1 is 0.605 bits per heavy atom. The molecule has 3 aliphatic carbocycles. The second-order valence-electron chi connectivity index (χ2n) is 12.2. The topological polar surface area (TPSA) is 4.93 Å². The highest BCUT2D eigenvalue weighted by Gasteiger charge is 2.24. The quantitative estimate of drug-likeness (QED) is 0.193. The smallest absolute Gasteiger partial charge is 0.0622 e. The van der Waals surface area contributed by atoms with Crippen LogP contribution >= 0.6 is 0 Å². The number of hydrogen-bond acceptors (Lipinski definition) is 0. The van der Waals surface area contributed by atoms with Crippen LogP contribution in [0.4, 0.5) is 0 Å². The first-order valence-electron chi connectivity index (χ1n) is 15.8. The van der Waals surface area contributed by atoms with E-state index in [2.05, 4.69) is 138 Å². The zero-order valence-electron chi connectivity index (χ0n) is 24.3. The van der Waals surface area contributed by atoms with Gasteiger partial charge in [0.25, 0.3) is 0 Å². The molecule has 0 fully saturated rings. The second kappa shape index (κ2) is 9.85. The summed E-state index contributed by atoms with van der Waals surface area (Å²) in [5, 5.41) is 10.7. The van der Waals surface area contributed by atoms with Gasteiger partial charge in [-0.15, -0.1) is 0 Å². The van der Waals surface area contributed by atoms with Crippen molar-refractivity contribution in [2.24, 2.45) is 5.92 Å². The monoisotopic (exact) mass is 551 g/mol. The minimum atomic E-state index is 0.494. The lowest BCUT2D eigenvalue weighted by molar-refractivity contribution is 0.748. The Kier molecular flexibility index (Phi) is 5.66. The molecule has 1 heterocycles. The molecule has 206 valence electrons. The van der Waals surface area contributed by atoms with Crippen LogP contribution in [-0.2, 0) is 0 Å². The minimum Gasteiger partial charge on any atom is -0.312 e. The Balaban J connectivity index is 1.33. The molecule has 43 heavy (non-hydrogen) atoms. The number of rotatable bonds is 3. The first-order chi connectivity index (χ1) is 21.4. The summed E-state index contributed by atoms with van der Waals surface area (Å²) in [6.45, 7) is 0. The Hall–Kier alpha value is -4.88. The fraction of sp³-hybridized carbons (Fsp3) is 0.143. The molecule has 1 unspecified atom stereocenters. The Morgan fingerprint density at radius 3 is 2.16 bits per heavy atom. The molecule has 3 aliphatic rings. The van der Waals surface area contributed by atoms with Gasteiger partial charge in [-0.2, -0.15) is 0 Å². The van der Waals surface area contributed by atoms with Gasteiger partial charge < -0.3 is 4.57 Å². The predicted octanol–water partition coefficient (Wildman–Crippen LogP) is 11.6. The number of fused-ring (bicyclic) bond motifs is 10. The van der Waals surface area contributed by atoms with Gasteiger partial charge in [-0.1, -0.05) is 121 Å². The molecule has 0 saturated carbocycles. The first-order valence-corrected chi connectivity index (χ1v) is 15.8. The number of benzene rings is 5. The maximum atomic E-state index is 2.60. The molecular weight excluding hydrogens is 518 g/mol. The van der Waals surface area contributed by atoms with E-state index in [4.69, 9.17) is 0 Å². The summed E-state index contributed by atoms with van der Waals surface area (Å²) in [7, 11) is 0. The summed E-state index contributed by atoms with van der Waals surface area (Å²) in [5.74, 6) is 0.494. The average molecular weight is 552 g/mol. The third-order valence-corrected chi connectivity index (χ3v) is 9.92. The van der Waals surface area contributed by atoms with E-state index in [1.54, 1.807) is 5.57 Å². The van der Waals surface area contributed by atoms with Crippen molar-refractivity contribution in [3.8, 4) is 0 Å². The molecule has 0 amide bonds. The Morgan fingerprint density at radius 2 is 1.37 bits per heavy atom. The third-order valence-electron chi connectivity index (χ3n) is 9.92. The average Bonchev–Trinajstić information content (AvgIpc) is 3.45.